The third-order valence-electron chi connectivity index (χ3n) is 3.53. The smallest absolute Gasteiger partial charge is 0.273 e. The Morgan fingerprint density at radius 2 is 2.40 bits per heavy atom. The van der Waals surface area contributed by atoms with Crippen molar-refractivity contribution in [1.29, 1.82) is 0 Å². The van der Waals surface area contributed by atoms with Crippen LogP contribution >= 0.6 is 0 Å². The number of hydrogen-bond donors (Lipinski definition) is 2. The normalized spacial score (nSPS) is 20.3. The largest absolute Gasteiger partial charge is 0.445 e. The second-order valence-electron chi connectivity index (χ2n) is 5.42. The molecule has 0 radical (unpaired) electrons. The average Bonchev–Trinajstić information content (AvgIpc) is 3.08. The minimum absolute atomic E-state index is 0.167. The standard InChI is InChI=1S/C14H22N2O4/c1-9(2)10(17)5-6-15-14(18)12-13(20-8-16-12)11-4-3-7-19-11/h8-11,17H,3-7H2,1-2H3,(H,15,18). The van der Waals surface area contributed by atoms with Gasteiger partial charge < -0.3 is 19.6 Å². The van der Waals surface area contributed by atoms with Gasteiger partial charge in [-0.1, -0.05) is 13.8 Å². The van der Waals surface area contributed by atoms with E-state index in [0.717, 1.165) is 12.8 Å². The number of hydrogen-bond acceptors (Lipinski definition) is 5. The van der Waals surface area contributed by atoms with Crippen molar-refractivity contribution in [3.63, 3.8) is 0 Å². The number of nitrogens with zero attached hydrogens (tertiary/aromatic N) is 1. The van der Waals surface area contributed by atoms with E-state index in [4.69, 9.17) is 9.15 Å². The maximum atomic E-state index is 12.1. The van der Waals surface area contributed by atoms with Crippen molar-refractivity contribution >= 4 is 5.91 Å². The number of aliphatic hydroxyl groups is 1. The van der Waals surface area contributed by atoms with E-state index in [-0.39, 0.29) is 23.6 Å². The fourth-order valence-corrected chi connectivity index (χ4v) is 2.19. The van der Waals surface area contributed by atoms with Gasteiger partial charge >= 0.3 is 0 Å². The Kier molecular flexibility index (Phi) is 5.14. The molecule has 0 aliphatic carbocycles. The summed E-state index contributed by atoms with van der Waals surface area (Å²) in [6.07, 6.45) is 3.03. The molecule has 2 atom stereocenters. The Hall–Kier alpha value is -1.40. The van der Waals surface area contributed by atoms with Crippen LogP contribution in [0.25, 0.3) is 0 Å². The molecule has 1 aromatic rings. The van der Waals surface area contributed by atoms with Gasteiger partial charge in [-0.15, -0.1) is 0 Å². The van der Waals surface area contributed by atoms with Gasteiger partial charge in [0.25, 0.3) is 5.91 Å². The van der Waals surface area contributed by atoms with Gasteiger partial charge in [-0.25, -0.2) is 4.98 Å². The van der Waals surface area contributed by atoms with E-state index in [9.17, 15) is 9.90 Å². The number of rotatable bonds is 6. The molecule has 6 nitrogen and oxygen atoms in total. The third kappa shape index (κ3) is 3.58. The summed E-state index contributed by atoms with van der Waals surface area (Å²) in [5, 5.41) is 12.4. The van der Waals surface area contributed by atoms with Crippen molar-refractivity contribution in [2.45, 2.75) is 45.3 Å². The molecule has 0 bridgehead atoms. The second-order valence-corrected chi connectivity index (χ2v) is 5.42. The molecule has 2 N–H and O–H groups in total. The van der Waals surface area contributed by atoms with Crippen LogP contribution in [0.3, 0.4) is 0 Å². The summed E-state index contributed by atoms with van der Waals surface area (Å²) in [4.78, 5) is 16.0. The molecule has 1 aliphatic rings. The molecule has 1 amide bonds. The van der Waals surface area contributed by atoms with E-state index in [1.165, 1.54) is 6.39 Å². The first-order valence-electron chi connectivity index (χ1n) is 7.11. The summed E-state index contributed by atoms with van der Waals surface area (Å²) in [6, 6.07) is 0. The average molecular weight is 282 g/mol. The molecule has 1 fully saturated rings. The maximum Gasteiger partial charge on any atom is 0.273 e. The highest BCUT2D eigenvalue weighted by molar-refractivity contribution is 5.93. The molecular weight excluding hydrogens is 260 g/mol. The highest BCUT2D eigenvalue weighted by atomic mass is 16.5. The molecule has 1 saturated heterocycles. The van der Waals surface area contributed by atoms with E-state index in [2.05, 4.69) is 10.3 Å². The molecule has 2 unspecified atom stereocenters. The SMILES string of the molecule is CC(C)C(O)CCNC(=O)c1ncoc1C1CCCO1. The van der Waals surface area contributed by atoms with Crippen LogP contribution in [-0.4, -0.2) is 35.3 Å². The zero-order valence-corrected chi connectivity index (χ0v) is 12.0. The molecule has 1 aromatic heterocycles. The molecule has 6 heteroatoms. The number of oxazole rings is 1. The summed E-state index contributed by atoms with van der Waals surface area (Å²) < 4.78 is 10.8. The Morgan fingerprint density at radius 3 is 3.05 bits per heavy atom. The number of ether oxygens (including phenoxy) is 1. The topological polar surface area (TPSA) is 84.6 Å². The van der Waals surface area contributed by atoms with Crippen molar-refractivity contribution < 1.29 is 19.1 Å². The minimum atomic E-state index is -0.412. The Labute approximate surface area is 118 Å². The van der Waals surface area contributed by atoms with Gasteiger partial charge in [-0.05, 0) is 25.2 Å². The van der Waals surface area contributed by atoms with Gasteiger partial charge in [0, 0.05) is 13.2 Å². The first kappa shape index (κ1) is 15.0. The van der Waals surface area contributed by atoms with Gasteiger partial charge in [0.15, 0.2) is 17.8 Å². The van der Waals surface area contributed by atoms with Crippen molar-refractivity contribution in [1.82, 2.24) is 10.3 Å². The zero-order valence-electron chi connectivity index (χ0n) is 12.0. The summed E-state index contributed by atoms with van der Waals surface area (Å²) in [7, 11) is 0. The quantitative estimate of drug-likeness (QED) is 0.829. The van der Waals surface area contributed by atoms with Crippen LogP contribution in [0.5, 0.6) is 0 Å². The highest BCUT2D eigenvalue weighted by Crippen LogP contribution is 2.30. The van der Waals surface area contributed by atoms with Crippen LogP contribution in [0.4, 0.5) is 0 Å². The molecule has 0 spiro atoms. The van der Waals surface area contributed by atoms with Crippen molar-refractivity contribution in [3.05, 3.63) is 17.8 Å². The number of aromatic nitrogens is 1. The van der Waals surface area contributed by atoms with Gasteiger partial charge in [0.1, 0.15) is 6.10 Å². The number of aliphatic hydroxyl groups excluding tert-OH is 1. The molecule has 0 aromatic carbocycles. The molecule has 20 heavy (non-hydrogen) atoms. The van der Waals surface area contributed by atoms with Crippen molar-refractivity contribution in [2.75, 3.05) is 13.2 Å². The fourth-order valence-electron chi connectivity index (χ4n) is 2.19. The summed E-state index contributed by atoms with van der Waals surface area (Å²) in [6.45, 7) is 4.99. The number of carbonyl (C=O) groups is 1. The van der Waals surface area contributed by atoms with E-state index in [0.29, 0.717) is 25.3 Å². The highest BCUT2D eigenvalue weighted by Gasteiger charge is 2.27. The molecule has 2 heterocycles. The van der Waals surface area contributed by atoms with Crippen molar-refractivity contribution in [2.24, 2.45) is 5.92 Å². The predicted octanol–water partition coefficient (Wildman–Crippen LogP) is 1.66. The van der Waals surface area contributed by atoms with E-state index < -0.39 is 6.10 Å². The Balaban J connectivity index is 1.88. The third-order valence-corrected chi connectivity index (χ3v) is 3.53. The van der Waals surface area contributed by atoms with Crippen LogP contribution < -0.4 is 5.32 Å². The van der Waals surface area contributed by atoms with Crippen LogP contribution in [0, 0.1) is 5.92 Å². The maximum absolute atomic E-state index is 12.1. The molecule has 2 rings (SSSR count). The summed E-state index contributed by atoms with van der Waals surface area (Å²) in [5.74, 6) is 0.408. The Morgan fingerprint density at radius 1 is 1.60 bits per heavy atom. The van der Waals surface area contributed by atoms with Gasteiger partial charge in [0.05, 0.1) is 6.10 Å². The number of carbonyl (C=O) groups excluding carboxylic acids is 1. The molecular formula is C14H22N2O4. The lowest BCUT2D eigenvalue weighted by molar-refractivity contribution is 0.0847. The number of nitrogens with one attached hydrogen (secondary N) is 1. The lowest BCUT2D eigenvalue weighted by atomic mass is 10.0. The van der Waals surface area contributed by atoms with Crippen LogP contribution in [0.1, 0.15) is 55.5 Å². The van der Waals surface area contributed by atoms with Crippen molar-refractivity contribution in [3.8, 4) is 0 Å². The van der Waals surface area contributed by atoms with Gasteiger partial charge in [-0.3, -0.25) is 4.79 Å². The van der Waals surface area contributed by atoms with Gasteiger partial charge in [0.2, 0.25) is 0 Å². The molecule has 112 valence electrons. The second kappa shape index (κ2) is 6.85. The molecule has 0 saturated carbocycles. The van der Waals surface area contributed by atoms with E-state index in [1.54, 1.807) is 0 Å². The minimum Gasteiger partial charge on any atom is -0.445 e. The van der Waals surface area contributed by atoms with Crippen LogP contribution in [-0.2, 0) is 4.74 Å². The summed E-state index contributed by atoms with van der Waals surface area (Å²) in [5.41, 5.74) is 0.288. The van der Waals surface area contributed by atoms with Crippen LogP contribution in [0.2, 0.25) is 0 Å². The van der Waals surface area contributed by atoms with Crippen LogP contribution in [0.15, 0.2) is 10.8 Å². The lowest BCUT2D eigenvalue weighted by Crippen LogP contribution is -2.29. The molecule has 1 aliphatic heterocycles. The fraction of sp³-hybridized carbons (Fsp3) is 0.714. The first-order chi connectivity index (χ1) is 9.59. The monoisotopic (exact) mass is 282 g/mol. The first-order valence-corrected chi connectivity index (χ1v) is 7.11. The van der Waals surface area contributed by atoms with Gasteiger partial charge in [-0.2, -0.15) is 0 Å². The Bertz CT molecular complexity index is 438. The predicted molar refractivity (Wildman–Crippen MR) is 72.2 cm³/mol. The summed E-state index contributed by atoms with van der Waals surface area (Å²) >= 11 is 0. The van der Waals surface area contributed by atoms with E-state index >= 15 is 0 Å². The number of amides is 1. The lowest BCUT2D eigenvalue weighted by Gasteiger charge is -2.14. The van der Waals surface area contributed by atoms with E-state index in [1.807, 2.05) is 13.8 Å². The zero-order chi connectivity index (χ0) is 14.5.